The van der Waals surface area contributed by atoms with E-state index in [9.17, 15) is 4.39 Å². The van der Waals surface area contributed by atoms with Crippen molar-refractivity contribution < 1.29 is 13.9 Å². The first-order chi connectivity index (χ1) is 9.65. The van der Waals surface area contributed by atoms with Gasteiger partial charge in [0.25, 0.3) is 0 Å². The van der Waals surface area contributed by atoms with Gasteiger partial charge in [-0.25, -0.2) is 4.39 Å². The van der Waals surface area contributed by atoms with Crippen molar-refractivity contribution in [3.05, 3.63) is 52.8 Å². The standard InChI is InChI=1S/C15H15ClFNO2/c1-19-13-7-6-11(8-14(13)20-2)18-9-10-4-3-5-12(17)15(10)16/h3-8,18H,9H2,1-2H3. The van der Waals surface area contributed by atoms with Gasteiger partial charge in [-0.2, -0.15) is 0 Å². The zero-order chi connectivity index (χ0) is 14.5. The summed E-state index contributed by atoms with van der Waals surface area (Å²) in [4.78, 5) is 0. The van der Waals surface area contributed by atoms with Crippen molar-refractivity contribution in [1.82, 2.24) is 0 Å². The lowest BCUT2D eigenvalue weighted by Gasteiger charge is -2.12. The maximum absolute atomic E-state index is 13.3. The number of benzene rings is 2. The van der Waals surface area contributed by atoms with Gasteiger partial charge in [-0.05, 0) is 23.8 Å². The van der Waals surface area contributed by atoms with Crippen molar-refractivity contribution in [2.24, 2.45) is 0 Å². The summed E-state index contributed by atoms with van der Waals surface area (Å²) in [5.41, 5.74) is 1.53. The van der Waals surface area contributed by atoms with Gasteiger partial charge in [-0.15, -0.1) is 0 Å². The summed E-state index contributed by atoms with van der Waals surface area (Å²) < 4.78 is 23.7. The Kier molecular flexibility index (Phi) is 4.69. The summed E-state index contributed by atoms with van der Waals surface area (Å²) in [5.74, 6) is 0.864. The number of halogens is 2. The molecular formula is C15H15ClFNO2. The average molecular weight is 296 g/mol. The van der Waals surface area contributed by atoms with E-state index in [2.05, 4.69) is 5.32 Å². The monoisotopic (exact) mass is 295 g/mol. The van der Waals surface area contributed by atoms with Gasteiger partial charge in [0.05, 0.1) is 19.2 Å². The van der Waals surface area contributed by atoms with E-state index < -0.39 is 5.82 Å². The quantitative estimate of drug-likeness (QED) is 0.900. The van der Waals surface area contributed by atoms with E-state index in [0.717, 1.165) is 5.69 Å². The lowest BCUT2D eigenvalue weighted by molar-refractivity contribution is 0.355. The molecule has 1 N–H and O–H groups in total. The molecule has 0 saturated heterocycles. The topological polar surface area (TPSA) is 30.5 Å². The van der Waals surface area contributed by atoms with E-state index in [0.29, 0.717) is 23.6 Å². The molecule has 0 amide bonds. The van der Waals surface area contributed by atoms with Crippen molar-refractivity contribution in [2.45, 2.75) is 6.54 Å². The Bertz CT molecular complexity index is 604. The Hall–Kier alpha value is -1.94. The number of hydrogen-bond donors (Lipinski definition) is 1. The third kappa shape index (κ3) is 3.14. The second-order valence-corrected chi connectivity index (χ2v) is 4.51. The highest BCUT2D eigenvalue weighted by molar-refractivity contribution is 6.31. The minimum Gasteiger partial charge on any atom is -0.493 e. The van der Waals surface area contributed by atoms with E-state index in [1.165, 1.54) is 6.07 Å². The smallest absolute Gasteiger partial charge is 0.162 e. The van der Waals surface area contributed by atoms with Gasteiger partial charge < -0.3 is 14.8 Å². The van der Waals surface area contributed by atoms with Crippen molar-refractivity contribution in [3.63, 3.8) is 0 Å². The molecule has 0 aliphatic rings. The maximum Gasteiger partial charge on any atom is 0.162 e. The minimum atomic E-state index is -0.418. The van der Waals surface area contributed by atoms with Crippen molar-refractivity contribution in [1.29, 1.82) is 0 Å². The van der Waals surface area contributed by atoms with Crippen molar-refractivity contribution in [3.8, 4) is 11.5 Å². The molecule has 2 aromatic carbocycles. The van der Waals surface area contributed by atoms with Gasteiger partial charge in [-0.1, -0.05) is 23.7 Å². The van der Waals surface area contributed by atoms with Crippen LogP contribution in [0.4, 0.5) is 10.1 Å². The van der Waals surface area contributed by atoms with Gasteiger partial charge >= 0.3 is 0 Å². The van der Waals surface area contributed by atoms with Crippen LogP contribution in [0.5, 0.6) is 11.5 Å². The van der Waals surface area contributed by atoms with Crippen molar-refractivity contribution in [2.75, 3.05) is 19.5 Å². The molecule has 106 valence electrons. The molecule has 0 heterocycles. The van der Waals surface area contributed by atoms with Crippen LogP contribution in [0.2, 0.25) is 5.02 Å². The van der Waals surface area contributed by atoms with Crippen LogP contribution in [0.3, 0.4) is 0 Å². The molecule has 2 aromatic rings. The molecule has 20 heavy (non-hydrogen) atoms. The summed E-state index contributed by atoms with van der Waals surface area (Å²) >= 11 is 5.91. The molecule has 0 atom stereocenters. The molecule has 0 fully saturated rings. The molecule has 0 spiro atoms. The molecule has 0 aliphatic carbocycles. The van der Waals surface area contributed by atoms with E-state index in [-0.39, 0.29) is 5.02 Å². The third-order valence-corrected chi connectivity index (χ3v) is 3.32. The molecule has 0 saturated carbocycles. The molecule has 2 rings (SSSR count). The largest absolute Gasteiger partial charge is 0.493 e. The Morgan fingerprint density at radius 2 is 1.85 bits per heavy atom. The molecule has 0 aliphatic heterocycles. The Morgan fingerprint density at radius 1 is 1.10 bits per heavy atom. The first-order valence-corrected chi connectivity index (χ1v) is 6.42. The zero-order valence-electron chi connectivity index (χ0n) is 11.2. The summed E-state index contributed by atoms with van der Waals surface area (Å²) in [6.45, 7) is 0.423. The lowest BCUT2D eigenvalue weighted by Crippen LogP contribution is -2.01. The van der Waals surface area contributed by atoms with Crippen LogP contribution in [0, 0.1) is 5.82 Å². The number of methoxy groups -OCH3 is 2. The predicted octanol–water partition coefficient (Wildman–Crippen LogP) is 4.11. The number of anilines is 1. The van der Waals surface area contributed by atoms with Crippen LogP contribution < -0.4 is 14.8 Å². The van der Waals surface area contributed by atoms with Gasteiger partial charge in [0, 0.05) is 18.3 Å². The fourth-order valence-electron chi connectivity index (χ4n) is 1.83. The molecule has 3 nitrogen and oxygen atoms in total. The van der Waals surface area contributed by atoms with Crippen molar-refractivity contribution >= 4 is 17.3 Å². The van der Waals surface area contributed by atoms with Crippen LogP contribution in [0.25, 0.3) is 0 Å². The van der Waals surface area contributed by atoms with Crippen LogP contribution in [-0.4, -0.2) is 14.2 Å². The average Bonchev–Trinajstić information content (AvgIpc) is 2.48. The summed E-state index contributed by atoms with van der Waals surface area (Å²) in [6.07, 6.45) is 0. The molecule has 0 radical (unpaired) electrons. The van der Waals surface area contributed by atoms with Crippen LogP contribution in [0.15, 0.2) is 36.4 Å². The first kappa shape index (κ1) is 14.5. The summed E-state index contributed by atoms with van der Waals surface area (Å²) in [6, 6.07) is 10.2. The molecule has 0 unspecified atom stereocenters. The van der Waals surface area contributed by atoms with E-state index in [4.69, 9.17) is 21.1 Å². The van der Waals surface area contributed by atoms with Crippen LogP contribution >= 0.6 is 11.6 Å². The second kappa shape index (κ2) is 6.48. The highest BCUT2D eigenvalue weighted by Gasteiger charge is 2.07. The Labute approximate surface area is 122 Å². The van der Waals surface area contributed by atoms with Gasteiger partial charge in [-0.3, -0.25) is 0 Å². The van der Waals surface area contributed by atoms with Gasteiger partial charge in [0.15, 0.2) is 11.5 Å². The molecular weight excluding hydrogens is 281 g/mol. The fourth-order valence-corrected chi connectivity index (χ4v) is 2.02. The predicted molar refractivity (Wildman–Crippen MR) is 78.3 cm³/mol. The fraction of sp³-hybridized carbons (Fsp3) is 0.200. The van der Waals surface area contributed by atoms with E-state index in [1.54, 1.807) is 32.4 Å². The van der Waals surface area contributed by atoms with Crippen LogP contribution in [-0.2, 0) is 6.54 Å². The van der Waals surface area contributed by atoms with E-state index >= 15 is 0 Å². The van der Waals surface area contributed by atoms with E-state index in [1.807, 2.05) is 12.1 Å². The Balaban J connectivity index is 2.13. The number of hydrogen-bond acceptors (Lipinski definition) is 3. The zero-order valence-corrected chi connectivity index (χ0v) is 12.0. The van der Waals surface area contributed by atoms with Gasteiger partial charge in [0.1, 0.15) is 5.82 Å². The Morgan fingerprint density at radius 3 is 2.55 bits per heavy atom. The van der Waals surface area contributed by atoms with Gasteiger partial charge in [0.2, 0.25) is 0 Å². The second-order valence-electron chi connectivity index (χ2n) is 4.14. The summed E-state index contributed by atoms with van der Waals surface area (Å²) in [7, 11) is 3.16. The number of rotatable bonds is 5. The normalized spacial score (nSPS) is 10.2. The number of nitrogens with one attached hydrogen (secondary N) is 1. The highest BCUT2D eigenvalue weighted by Crippen LogP contribution is 2.30. The molecule has 0 bridgehead atoms. The SMILES string of the molecule is COc1ccc(NCc2cccc(F)c2Cl)cc1OC. The highest BCUT2D eigenvalue weighted by atomic mass is 35.5. The lowest BCUT2D eigenvalue weighted by atomic mass is 10.2. The minimum absolute atomic E-state index is 0.139. The molecule has 5 heteroatoms. The maximum atomic E-state index is 13.3. The molecule has 0 aromatic heterocycles. The van der Waals surface area contributed by atoms with Crippen LogP contribution in [0.1, 0.15) is 5.56 Å². The number of ether oxygens (including phenoxy) is 2. The third-order valence-electron chi connectivity index (χ3n) is 2.90. The first-order valence-electron chi connectivity index (χ1n) is 6.04. The summed E-state index contributed by atoms with van der Waals surface area (Å²) in [5, 5.41) is 3.31.